The number of hydrogen-bond donors (Lipinski definition) is 1. The molecule has 0 aromatic heterocycles. The van der Waals surface area contributed by atoms with Gasteiger partial charge in [0.05, 0.1) is 6.61 Å². The van der Waals surface area contributed by atoms with E-state index in [-0.39, 0.29) is 0 Å². The molecule has 0 radical (unpaired) electrons. The number of aryl methyl sites for hydroxylation is 1. The maximum atomic E-state index is 5.81. The first-order chi connectivity index (χ1) is 7.74. The van der Waals surface area contributed by atoms with Gasteiger partial charge in [-0.15, -0.1) is 0 Å². The van der Waals surface area contributed by atoms with Crippen molar-refractivity contribution in [3.63, 3.8) is 0 Å². The lowest BCUT2D eigenvalue weighted by Crippen LogP contribution is -2.37. The predicted octanol–water partition coefficient (Wildman–Crippen LogP) is 2.62. The van der Waals surface area contributed by atoms with Crippen LogP contribution < -0.4 is 10.1 Å². The van der Waals surface area contributed by atoms with Crippen molar-refractivity contribution in [2.45, 2.75) is 20.3 Å². The van der Waals surface area contributed by atoms with E-state index in [1.165, 1.54) is 12.0 Å². The summed E-state index contributed by atoms with van der Waals surface area (Å²) in [6.45, 7) is 7.47. The van der Waals surface area contributed by atoms with E-state index in [4.69, 9.17) is 4.74 Å². The van der Waals surface area contributed by atoms with E-state index in [0.29, 0.717) is 5.92 Å². The fourth-order valence-electron chi connectivity index (χ4n) is 2.25. The quantitative estimate of drug-likeness (QED) is 0.843. The van der Waals surface area contributed by atoms with Gasteiger partial charge in [0, 0.05) is 12.5 Å². The molecule has 2 heteroatoms. The lowest BCUT2D eigenvalue weighted by Gasteiger charge is -2.27. The second kappa shape index (κ2) is 5.35. The molecule has 0 spiro atoms. The highest BCUT2D eigenvalue weighted by molar-refractivity contribution is 5.26. The zero-order valence-electron chi connectivity index (χ0n) is 10.2. The fraction of sp³-hybridized carbons (Fsp3) is 0.571. The van der Waals surface area contributed by atoms with Crippen LogP contribution in [0.25, 0.3) is 0 Å². The summed E-state index contributed by atoms with van der Waals surface area (Å²) in [5.41, 5.74) is 1.28. The molecule has 1 aromatic rings. The molecule has 0 saturated carbocycles. The molecule has 2 nitrogen and oxygen atoms in total. The van der Waals surface area contributed by atoms with E-state index < -0.39 is 0 Å². The average molecular weight is 219 g/mol. The Morgan fingerprint density at radius 1 is 1.25 bits per heavy atom. The maximum absolute atomic E-state index is 5.81. The van der Waals surface area contributed by atoms with Crippen LogP contribution in [0.4, 0.5) is 0 Å². The molecule has 0 amide bonds. The van der Waals surface area contributed by atoms with Crippen LogP contribution in [0.1, 0.15) is 18.9 Å². The maximum Gasteiger partial charge on any atom is 0.119 e. The van der Waals surface area contributed by atoms with Crippen LogP contribution in [-0.2, 0) is 0 Å². The molecule has 2 rings (SSSR count). The van der Waals surface area contributed by atoms with Crippen molar-refractivity contribution in [3.05, 3.63) is 29.8 Å². The van der Waals surface area contributed by atoms with Crippen molar-refractivity contribution in [1.82, 2.24) is 5.32 Å². The van der Waals surface area contributed by atoms with Crippen LogP contribution in [0.5, 0.6) is 5.75 Å². The second-order valence-corrected chi connectivity index (χ2v) is 4.99. The van der Waals surface area contributed by atoms with Crippen molar-refractivity contribution in [2.24, 2.45) is 11.8 Å². The van der Waals surface area contributed by atoms with Gasteiger partial charge in [-0.05, 0) is 37.9 Å². The van der Waals surface area contributed by atoms with Gasteiger partial charge >= 0.3 is 0 Å². The van der Waals surface area contributed by atoms with Crippen molar-refractivity contribution >= 4 is 0 Å². The minimum Gasteiger partial charge on any atom is -0.493 e. The molecule has 1 N–H and O–H groups in total. The number of hydrogen-bond acceptors (Lipinski definition) is 2. The Morgan fingerprint density at radius 3 is 2.69 bits per heavy atom. The highest BCUT2D eigenvalue weighted by Gasteiger charge is 2.18. The number of nitrogens with one attached hydrogen (secondary N) is 1. The fourth-order valence-corrected chi connectivity index (χ4v) is 2.25. The summed E-state index contributed by atoms with van der Waals surface area (Å²) in [5.74, 6) is 2.43. The summed E-state index contributed by atoms with van der Waals surface area (Å²) in [6, 6.07) is 8.29. The van der Waals surface area contributed by atoms with Crippen molar-refractivity contribution < 1.29 is 4.74 Å². The normalized spacial score (nSPS) is 25.4. The lowest BCUT2D eigenvalue weighted by atomic mass is 9.92. The third-order valence-corrected chi connectivity index (χ3v) is 3.17. The first-order valence-electron chi connectivity index (χ1n) is 6.14. The van der Waals surface area contributed by atoms with Crippen LogP contribution in [0.3, 0.4) is 0 Å². The molecular formula is C14H21NO. The van der Waals surface area contributed by atoms with E-state index in [2.05, 4.69) is 43.4 Å². The SMILES string of the molecule is Cc1ccc(OCC2CNCC(C)C2)cc1. The Morgan fingerprint density at radius 2 is 2.00 bits per heavy atom. The number of rotatable bonds is 3. The predicted molar refractivity (Wildman–Crippen MR) is 66.8 cm³/mol. The van der Waals surface area contributed by atoms with Crippen LogP contribution in [0, 0.1) is 18.8 Å². The summed E-state index contributed by atoms with van der Waals surface area (Å²) in [7, 11) is 0. The molecule has 1 heterocycles. The summed E-state index contributed by atoms with van der Waals surface area (Å²) in [4.78, 5) is 0. The standard InChI is InChI=1S/C14H21NO/c1-11-3-5-14(6-4-11)16-10-13-7-12(2)8-15-9-13/h3-6,12-13,15H,7-10H2,1-2H3. The average Bonchev–Trinajstić information content (AvgIpc) is 2.28. The van der Waals surface area contributed by atoms with E-state index in [1.54, 1.807) is 0 Å². The number of ether oxygens (including phenoxy) is 1. The molecule has 1 aromatic carbocycles. The minimum atomic E-state index is 0.657. The third-order valence-electron chi connectivity index (χ3n) is 3.17. The van der Waals surface area contributed by atoms with Crippen LogP contribution in [0.15, 0.2) is 24.3 Å². The molecule has 2 unspecified atom stereocenters. The van der Waals surface area contributed by atoms with Gasteiger partial charge in [0.25, 0.3) is 0 Å². The Kier molecular flexibility index (Phi) is 3.83. The van der Waals surface area contributed by atoms with Crippen LogP contribution in [-0.4, -0.2) is 19.7 Å². The third kappa shape index (κ3) is 3.24. The first-order valence-corrected chi connectivity index (χ1v) is 6.14. The molecule has 88 valence electrons. The van der Waals surface area contributed by atoms with E-state index >= 15 is 0 Å². The summed E-state index contributed by atoms with van der Waals surface area (Å²) >= 11 is 0. The van der Waals surface area contributed by atoms with E-state index in [9.17, 15) is 0 Å². The molecule has 0 aliphatic carbocycles. The summed E-state index contributed by atoms with van der Waals surface area (Å²) in [5, 5.41) is 3.45. The van der Waals surface area contributed by atoms with Gasteiger partial charge in [-0.2, -0.15) is 0 Å². The van der Waals surface area contributed by atoms with Gasteiger partial charge in [0.2, 0.25) is 0 Å². The lowest BCUT2D eigenvalue weighted by molar-refractivity contribution is 0.194. The second-order valence-electron chi connectivity index (χ2n) is 4.99. The molecule has 1 aliphatic heterocycles. The minimum absolute atomic E-state index is 0.657. The van der Waals surface area contributed by atoms with Crippen LogP contribution in [0.2, 0.25) is 0 Å². The smallest absolute Gasteiger partial charge is 0.119 e. The largest absolute Gasteiger partial charge is 0.493 e. The Balaban J connectivity index is 1.80. The number of benzene rings is 1. The van der Waals surface area contributed by atoms with Gasteiger partial charge < -0.3 is 10.1 Å². The summed E-state index contributed by atoms with van der Waals surface area (Å²) in [6.07, 6.45) is 1.28. The van der Waals surface area contributed by atoms with Crippen molar-refractivity contribution in [3.8, 4) is 5.75 Å². The van der Waals surface area contributed by atoms with Crippen molar-refractivity contribution in [2.75, 3.05) is 19.7 Å². The molecule has 1 aliphatic rings. The van der Waals surface area contributed by atoms with Crippen LogP contribution >= 0.6 is 0 Å². The molecule has 2 atom stereocenters. The topological polar surface area (TPSA) is 21.3 Å². The Labute approximate surface area is 98.0 Å². The van der Waals surface area contributed by atoms with Gasteiger partial charge in [0.1, 0.15) is 5.75 Å². The highest BCUT2D eigenvalue weighted by atomic mass is 16.5. The molecule has 16 heavy (non-hydrogen) atoms. The Hall–Kier alpha value is -1.02. The van der Waals surface area contributed by atoms with Gasteiger partial charge in [0.15, 0.2) is 0 Å². The first kappa shape index (κ1) is 11.5. The zero-order valence-corrected chi connectivity index (χ0v) is 10.2. The Bertz CT molecular complexity index is 320. The van der Waals surface area contributed by atoms with Crippen molar-refractivity contribution in [1.29, 1.82) is 0 Å². The van der Waals surface area contributed by atoms with Gasteiger partial charge in [-0.25, -0.2) is 0 Å². The summed E-state index contributed by atoms with van der Waals surface area (Å²) < 4.78 is 5.81. The molecule has 1 fully saturated rings. The molecule has 1 saturated heterocycles. The van der Waals surface area contributed by atoms with E-state index in [0.717, 1.165) is 31.4 Å². The van der Waals surface area contributed by atoms with E-state index in [1.807, 2.05) is 0 Å². The van der Waals surface area contributed by atoms with Gasteiger partial charge in [-0.3, -0.25) is 0 Å². The molecular weight excluding hydrogens is 198 g/mol. The highest BCUT2D eigenvalue weighted by Crippen LogP contribution is 2.18. The molecule has 0 bridgehead atoms. The zero-order chi connectivity index (χ0) is 11.4. The monoisotopic (exact) mass is 219 g/mol. The number of piperidine rings is 1. The van der Waals surface area contributed by atoms with Gasteiger partial charge in [-0.1, -0.05) is 24.6 Å².